The molecule has 15 N–H and O–H groups in total. The molecule has 0 radical (unpaired) electrons. The van der Waals surface area contributed by atoms with Gasteiger partial charge in [0.05, 0.1) is 59.3 Å². The number of hydrogen-bond donors (Lipinski definition) is 12. The molecule has 79 heavy (non-hydrogen) atoms. The molecular weight excluding hydrogens is 1150 g/mol. The number of nitrogens with zero attached hydrogens (tertiary/aromatic N) is 10. The summed E-state index contributed by atoms with van der Waals surface area (Å²) >= 11 is 0. The highest BCUT2D eigenvalue weighted by Crippen LogP contribution is 2.68. The van der Waals surface area contributed by atoms with Gasteiger partial charge in [0.25, 0.3) is 17.1 Å². The standard InChI is InChI=1S/C35H51N15O25P4/c1-47-14-50(29-21(47)31(55)46-35(38)44-29)18(6-51)70-15(7-66-5-4-64-2)8-67-77(58,59)74-79(62,63)75-78(60,61)69-10-17-24(25(65-3)33(72-17)48-12-41-19-26(36)39-11-40-27(19)48)73-76(56,57)68-9-16-22(52)23(53)32(71-16)49-13-42-20-28(49)43-34(37)45-30(20)54/h11-18,22-25,32-33,51-53H,4-10H2,1-3H3,(H11-,36,37,38,39,40,43,44,45,46,54,55,56,57,58,59,60,61,62,63)/p+1/t15-,16+,17+,18+,22-,23?,24-,25?,32+,33+/m0/s1. The van der Waals surface area contributed by atoms with E-state index in [1.165, 1.54) is 34.2 Å². The van der Waals surface area contributed by atoms with Gasteiger partial charge in [-0.1, -0.05) is 4.98 Å². The molecule has 40 nitrogen and oxygen atoms in total. The predicted octanol–water partition coefficient (Wildman–Crippen LogP) is -3.79. The second kappa shape index (κ2) is 24.1. The van der Waals surface area contributed by atoms with E-state index >= 15 is 0 Å². The third-order valence-electron chi connectivity index (χ3n) is 11.5. The van der Waals surface area contributed by atoms with Crippen molar-refractivity contribution in [3.63, 3.8) is 0 Å². The van der Waals surface area contributed by atoms with Gasteiger partial charge >= 0.3 is 36.9 Å². The van der Waals surface area contributed by atoms with Crippen molar-refractivity contribution in [1.82, 2.24) is 53.6 Å². The molecule has 2 aliphatic rings. The van der Waals surface area contributed by atoms with Crippen LogP contribution in [0.2, 0.25) is 0 Å². The number of methoxy groups -OCH3 is 2. The number of phosphoric ester groups is 3. The van der Waals surface area contributed by atoms with E-state index < -0.39 is 137 Å². The average molecular weight is 1210 g/mol. The van der Waals surface area contributed by atoms with Crippen molar-refractivity contribution in [2.24, 2.45) is 7.05 Å². The number of aliphatic hydroxyl groups excluding tert-OH is 3. The van der Waals surface area contributed by atoms with Crippen molar-refractivity contribution in [3.8, 4) is 0 Å². The molecule has 0 amide bonds. The number of H-pyrrole nitrogens is 2. The van der Waals surface area contributed by atoms with Crippen LogP contribution < -0.4 is 32.9 Å². The Labute approximate surface area is 440 Å². The third-order valence-corrected chi connectivity index (χ3v) is 16.8. The van der Waals surface area contributed by atoms with Gasteiger partial charge in [0.2, 0.25) is 17.7 Å². The van der Waals surface area contributed by atoms with Crippen molar-refractivity contribution in [3.05, 3.63) is 46.0 Å². The Morgan fingerprint density at radius 3 is 2.08 bits per heavy atom. The van der Waals surface area contributed by atoms with E-state index in [9.17, 15) is 62.7 Å². The molecule has 8 heterocycles. The number of nitrogens with two attached hydrogens (primary N) is 3. The van der Waals surface area contributed by atoms with E-state index in [0.717, 1.165) is 30.7 Å². The van der Waals surface area contributed by atoms with Crippen LogP contribution in [-0.4, -0.2) is 192 Å². The van der Waals surface area contributed by atoms with Crippen LogP contribution in [0.3, 0.4) is 0 Å². The lowest BCUT2D eigenvalue weighted by molar-refractivity contribution is -0.746. The van der Waals surface area contributed by atoms with Crippen LogP contribution in [0.15, 0.2) is 34.9 Å². The summed E-state index contributed by atoms with van der Waals surface area (Å²) in [5.41, 5.74) is 15.6. The first-order valence-corrected chi connectivity index (χ1v) is 28.5. The van der Waals surface area contributed by atoms with Crippen molar-refractivity contribution in [2.45, 2.75) is 61.4 Å². The Balaban J connectivity index is 0.943. The summed E-state index contributed by atoms with van der Waals surface area (Å²) in [6.45, 7) is -4.52. The SMILES string of the molecule is COCCOC[C@@H](COP(=O)(O)OP(=O)(O)OP(=O)(O)OC[C@H]1O[C@@H](n2cnc3c(N)ncnc32)C(OC)[C@H]1OP(=O)(O)OC[C@H]1O[C@@H](n2cnc3c(=O)[nH]c(N)nc32)C(O)[C@H]1O)O[C@H](CO)[n+]1cn(C)c2c(=O)[nH]c(N)nc21. The fraction of sp³-hybridized carbons (Fsp3) is 0.571. The summed E-state index contributed by atoms with van der Waals surface area (Å²) in [5, 5.41) is 32.1. The Kier molecular flexibility index (Phi) is 18.3. The zero-order valence-electron chi connectivity index (χ0n) is 41.0. The molecule has 8 rings (SSSR count). The van der Waals surface area contributed by atoms with Crippen molar-refractivity contribution >= 4 is 82.5 Å². The smallest absolute Gasteiger partial charge is 0.390 e. The minimum absolute atomic E-state index is 0.00938. The van der Waals surface area contributed by atoms with Crippen LogP contribution in [0.4, 0.5) is 17.7 Å². The molecule has 0 saturated carbocycles. The molecule has 0 bridgehead atoms. The van der Waals surface area contributed by atoms with Gasteiger partial charge in [-0.25, -0.2) is 42.8 Å². The van der Waals surface area contributed by atoms with Gasteiger partial charge in [-0.3, -0.25) is 51.4 Å². The average Bonchev–Trinajstić information content (AvgIpc) is 4.24. The van der Waals surface area contributed by atoms with Gasteiger partial charge in [0.15, 0.2) is 41.4 Å². The normalized spacial score (nSPS) is 25.6. The van der Waals surface area contributed by atoms with Gasteiger partial charge in [-0.15, -0.1) is 0 Å². The highest BCUT2D eigenvalue weighted by atomic mass is 31.3. The lowest BCUT2D eigenvalue weighted by atomic mass is 10.1. The number of aromatic nitrogens is 12. The van der Waals surface area contributed by atoms with Crippen LogP contribution in [0.1, 0.15) is 18.7 Å². The Morgan fingerprint density at radius 1 is 0.747 bits per heavy atom. The minimum Gasteiger partial charge on any atom is -0.390 e. The van der Waals surface area contributed by atoms with Crippen molar-refractivity contribution < 1.29 is 113 Å². The molecule has 436 valence electrons. The first-order valence-electron chi connectivity index (χ1n) is 22.5. The summed E-state index contributed by atoms with van der Waals surface area (Å²) in [5.74, 6) is -0.686. The maximum atomic E-state index is 13.7. The topological polar surface area (TPSA) is 560 Å². The van der Waals surface area contributed by atoms with Gasteiger partial charge in [0.1, 0.15) is 61.2 Å². The lowest BCUT2D eigenvalue weighted by Gasteiger charge is -2.26. The molecular formula is C35H52N15O25P4+. The number of aryl methyl sites for hydroxylation is 1. The minimum atomic E-state index is -6.20. The van der Waals surface area contributed by atoms with Crippen molar-refractivity contribution in [1.29, 1.82) is 0 Å². The van der Waals surface area contributed by atoms with E-state index in [-0.39, 0.29) is 64.4 Å². The van der Waals surface area contributed by atoms with Crippen LogP contribution in [0, 0.1) is 0 Å². The fourth-order valence-electron chi connectivity index (χ4n) is 8.13. The molecule has 2 saturated heterocycles. The largest absolute Gasteiger partial charge is 0.490 e. The van der Waals surface area contributed by atoms with Crippen molar-refractivity contribution in [2.75, 3.05) is 77.7 Å². The second-order valence-electron chi connectivity index (χ2n) is 16.9. The predicted molar refractivity (Wildman–Crippen MR) is 257 cm³/mol. The Morgan fingerprint density at radius 2 is 1.38 bits per heavy atom. The Bertz CT molecular complexity index is 3470. The number of imidazole rings is 3. The van der Waals surface area contributed by atoms with Gasteiger partial charge in [0, 0.05) is 14.2 Å². The molecule has 2 aliphatic heterocycles. The number of fused-ring (bicyclic) bond motifs is 3. The monoisotopic (exact) mass is 1210 g/mol. The quantitative estimate of drug-likeness (QED) is 0.0134. The summed E-state index contributed by atoms with van der Waals surface area (Å²) < 4.78 is 121. The number of anilines is 3. The number of aromatic amines is 2. The van der Waals surface area contributed by atoms with Crippen LogP contribution in [-0.2, 0) is 80.4 Å². The molecule has 44 heteroatoms. The first-order chi connectivity index (χ1) is 37.2. The first kappa shape index (κ1) is 59.9. The summed E-state index contributed by atoms with van der Waals surface area (Å²) in [6, 6.07) is 0. The van der Waals surface area contributed by atoms with Gasteiger partial charge < -0.3 is 80.5 Å². The molecule has 2 fully saturated rings. The number of nitrogen functional groups attached to an aromatic ring is 3. The van der Waals surface area contributed by atoms with Crippen LogP contribution in [0.5, 0.6) is 0 Å². The van der Waals surface area contributed by atoms with Gasteiger partial charge in [-0.05, 0) is 0 Å². The van der Waals surface area contributed by atoms with E-state index in [0.29, 0.717) is 0 Å². The molecule has 14 atom stereocenters. The number of aliphatic hydroxyl groups is 3. The van der Waals surface area contributed by atoms with Gasteiger partial charge in [-0.2, -0.15) is 13.6 Å². The van der Waals surface area contributed by atoms with E-state index in [1.54, 1.807) is 0 Å². The molecule has 0 aromatic carbocycles. The maximum Gasteiger partial charge on any atom is 0.490 e. The number of hydrogen-bond acceptors (Lipinski definition) is 30. The van der Waals surface area contributed by atoms with Crippen LogP contribution in [0.25, 0.3) is 33.5 Å². The fourth-order valence-corrected chi connectivity index (χ4v) is 12.6. The summed E-state index contributed by atoms with van der Waals surface area (Å²) in [7, 11) is -19.5. The van der Waals surface area contributed by atoms with E-state index in [1.807, 2.05) is 0 Å². The third kappa shape index (κ3) is 13.6. The van der Waals surface area contributed by atoms with Crippen LogP contribution >= 0.6 is 31.3 Å². The van der Waals surface area contributed by atoms with E-state index in [4.69, 9.17) is 63.7 Å². The summed E-state index contributed by atoms with van der Waals surface area (Å²) in [4.78, 5) is 96.4. The molecule has 0 aliphatic carbocycles. The number of phosphoric acid groups is 4. The number of nitrogens with one attached hydrogen (secondary N) is 2. The zero-order valence-corrected chi connectivity index (χ0v) is 44.6. The highest BCUT2D eigenvalue weighted by Gasteiger charge is 2.53. The number of rotatable bonds is 27. The highest BCUT2D eigenvalue weighted by molar-refractivity contribution is 7.66. The summed E-state index contributed by atoms with van der Waals surface area (Å²) in [6.07, 6.45) is -11.7. The zero-order chi connectivity index (χ0) is 57.4. The molecule has 6 unspecified atom stereocenters. The second-order valence-corrected chi connectivity index (χ2v) is 22.9. The van der Waals surface area contributed by atoms with E-state index in [2.05, 4.69) is 48.5 Å². The molecule has 0 spiro atoms. The number of ether oxygens (including phenoxy) is 6. The molecule has 6 aromatic rings. The Hall–Kier alpha value is -5.19. The molecule has 6 aromatic heterocycles. The lowest BCUT2D eigenvalue weighted by Crippen LogP contribution is -2.46. The maximum absolute atomic E-state index is 13.7.